The first-order valence-corrected chi connectivity index (χ1v) is 14.6. The molecule has 11 nitrogen and oxygen atoms in total. The highest BCUT2D eigenvalue weighted by molar-refractivity contribution is 7.89. The van der Waals surface area contributed by atoms with Gasteiger partial charge < -0.3 is 15.0 Å². The fourth-order valence-corrected chi connectivity index (χ4v) is 5.70. The Morgan fingerprint density at radius 2 is 1.92 bits per heavy atom. The van der Waals surface area contributed by atoms with Gasteiger partial charge in [0.2, 0.25) is 21.9 Å². The summed E-state index contributed by atoms with van der Waals surface area (Å²) in [6, 6.07) is 7.63. The molecule has 0 radical (unpaired) electrons. The zero-order valence-corrected chi connectivity index (χ0v) is 21.6. The van der Waals surface area contributed by atoms with E-state index in [0.29, 0.717) is 29.8 Å². The van der Waals surface area contributed by atoms with Crippen molar-refractivity contribution in [2.24, 2.45) is 11.1 Å². The number of aromatic nitrogens is 4. The number of nitrogens with zero attached hydrogens (tertiary/aromatic N) is 5. The second-order valence-electron chi connectivity index (χ2n) is 9.78. The Morgan fingerprint density at radius 3 is 2.68 bits per heavy atom. The highest BCUT2D eigenvalue weighted by Gasteiger charge is 2.30. The topological polar surface area (TPSA) is 145 Å². The summed E-state index contributed by atoms with van der Waals surface area (Å²) in [4.78, 5) is 23.8. The van der Waals surface area contributed by atoms with Gasteiger partial charge in [-0.05, 0) is 57.1 Å². The summed E-state index contributed by atoms with van der Waals surface area (Å²) in [5.41, 5.74) is 0.814. The molecule has 37 heavy (non-hydrogen) atoms. The van der Waals surface area contributed by atoms with Gasteiger partial charge in [-0.2, -0.15) is 10.1 Å². The monoisotopic (exact) mass is 527 g/mol. The Hall–Kier alpha value is -3.25. The number of hydrogen-bond acceptors (Lipinski definition) is 8. The van der Waals surface area contributed by atoms with Crippen molar-refractivity contribution in [3.05, 3.63) is 36.7 Å². The quantitative estimate of drug-likeness (QED) is 0.404. The van der Waals surface area contributed by atoms with Crippen LogP contribution in [0.2, 0.25) is 0 Å². The van der Waals surface area contributed by atoms with Gasteiger partial charge in [0, 0.05) is 37.3 Å². The van der Waals surface area contributed by atoms with Crippen molar-refractivity contribution in [1.29, 1.82) is 0 Å². The van der Waals surface area contributed by atoms with Crippen LogP contribution in [-0.4, -0.2) is 70.5 Å². The number of ether oxygens (including phenoxy) is 1. The van der Waals surface area contributed by atoms with Crippen molar-refractivity contribution in [3.63, 3.8) is 0 Å². The Balaban J connectivity index is 1.22. The van der Waals surface area contributed by atoms with Gasteiger partial charge in [0.15, 0.2) is 5.82 Å². The van der Waals surface area contributed by atoms with Crippen molar-refractivity contribution >= 4 is 32.8 Å². The van der Waals surface area contributed by atoms with Crippen LogP contribution in [0, 0.1) is 5.92 Å². The summed E-state index contributed by atoms with van der Waals surface area (Å²) in [7, 11) is -3.51. The molecule has 1 aromatic carbocycles. The molecular weight excluding hydrogens is 494 g/mol. The summed E-state index contributed by atoms with van der Waals surface area (Å²) in [6.45, 7) is 2.05. The number of amides is 1. The second-order valence-corrected chi connectivity index (χ2v) is 11.5. The summed E-state index contributed by atoms with van der Waals surface area (Å²) in [5, 5.41) is 13.8. The average molecular weight is 528 g/mol. The minimum atomic E-state index is -3.51. The molecule has 0 atom stereocenters. The number of likely N-dealkylation sites (tertiary alicyclic amines) is 1. The Labute approximate surface area is 216 Å². The lowest BCUT2D eigenvalue weighted by molar-refractivity contribution is -0.135. The number of anilines is 1. The number of nitrogens with two attached hydrogens (primary N) is 1. The zero-order chi connectivity index (χ0) is 25.8. The van der Waals surface area contributed by atoms with Gasteiger partial charge >= 0.3 is 0 Å². The maximum absolute atomic E-state index is 12.7. The smallest absolute Gasteiger partial charge is 0.225 e. The summed E-state index contributed by atoms with van der Waals surface area (Å²) < 4.78 is 29.8. The van der Waals surface area contributed by atoms with Crippen LogP contribution in [0.15, 0.2) is 36.7 Å². The number of carbonyl (C=O) groups excluding carboxylic acids is 1. The molecule has 1 aliphatic carbocycles. The van der Waals surface area contributed by atoms with E-state index in [-0.39, 0.29) is 24.3 Å². The van der Waals surface area contributed by atoms with E-state index in [9.17, 15) is 13.2 Å². The molecular formula is C25H33N7O4S. The SMILES string of the molecule is NS(=O)(=O)CCCOc1cccc2c1cnn2-c1ccnc(N[C@H]2CC[C@H](C(=O)N3CCCC3)CC2)n1. The molecule has 2 fully saturated rings. The van der Waals surface area contributed by atoms with E-state index in [1.165, 1.54) is 0 Å². The number of carbonyl (C=O) groups is 1. The van der Waals surface area contributed by atoms with Gasteiger partial charge in [-0.3, -0.25) is 4.79 Å². The molecule has 0 unspecified atom stereocenters. The number of fused-ring (bicyclic) bond motifs is 1. The van der Waals surface area contributed by atoms with Crippen LogP contribution in [-0.2, 0) is 14.8 Å². The van der Waals surface area contributed by atoms with Crippen LogP contribution in [0.3, 0.4) is 0 Å². The molecule has 0 spiro atoms. The standard InChI is InChI=1S/C25H33N7O4S/c26-37(34,35)16-4-15-36-22-6-3-5-21-20(22)17-28-32(21)23-11-12-27-25(30-23)29-19-9-7-18(8-10-19)24(33)31-13-1-2-14-31/h3,5-6,11-12,17-19H,1-2,4,7-10,13-16H2,(H2,26,34,35)(H,27,29,30)/t18-,19-. The molecule has 0 bridgehead atoms. The van der Waals surface area contributed by atoms with Crippen molar-refractivity contribution in [3.8, 4) is 11.6 Å². The number of benzene rings is 1. The fraction of sp³-hybridized carbons (Fsp3) is 0.520. The zero-order valence-electron chi connectivity index (χ0n) is 20.8. The number of rotatable bonds is 9. The van der Waals surface area contributed by atoms with Gasteiger partial charge in [0.1, 0.15) is 5.75 Å². The van der Waals surface area contributed by atoms with E-state index in [4.69, 9.17) is 14.9 Å². The third kappa shape index (κ3) is 6.19. The molecule has 3 heterocycles. The summed E-state index contributed by atoms with van der Waals surface area (Å²) in [6.07, 6.45) is 9.55. The highest BCUT2D eigenvalue weighted by atomic mass is 32.2. The van der Waals surface area contributed by atoms with Crippen LogP contribution in [0.5, 0.6) is 5.75 Å². The van der Waals surface area contributed by atoms with Gasteiger partial charge in [-0.1, -0.05) is 6.07 Å². The predicted octanol–water partition coefficient (Wildman–Crippen LogP) is 2.47. The third-order valence-corrected chi connectivity index (χ3v) is 7.95. The number of hydrogen-bond donors (Lipinski definition) is 2. The van der Waals surface area contributed by atoms with Crippen LogP contribution in [0.4, 0.5) is 5.95 Å². The molecule has 12 heteroatoms. The molecule has 198 valence electrons. The largest absolute Gasteiger partial charge is 0.493 e. The molecule has 1 saturated heterocycles. The molecule has 2 aliphatic rings. The molecule has 1 amide bonds. The second kappa shape index (κ2) is 11.0. The molecule has 3 aromatic rings. The van der Waals surface area contributed by atoms with Crippen molar-refractivity contribution in [2.75, 3.05) is 30.8 Å². The van der Waals surface area contributed by atoms with Crippen LogP contribution < -0.4 is 15.2 Å². The summed E-state index contributed by atoms with van der Waals surface area (Å²) >= 11 is 0. The van der Waals surface area contributed by atoms with E-state index in [2.05, 4.69) is 15.4 Å². The number of primary sulfonamides is 1. The number of sulfonamides is 1. The molecule has 2 aromatic heterocycles. The van der Waals surface area contributed by atoms with Crippen LogP contribution in [0.25, 0.3) is 16.7 Å². The first-order chi connectivity index (χ1) is 17.9. The molecule has 1 saturated carbocycles. The predicted molar refractivity (Wildman–Crippen MR) is 140 cm³/mol. The lowest BCUT2D eigenvalue weighted by Gasteiger charge is -2.30. The maximum atomic E-state index is 12.7. The van der Waals surface area contributed by atoms with Crippen molar-refractivity contribution in [2.45, 2.75) is 51.0 Å². The van der Waals surface area contributed by atoms with Gasteiger partial charge in [-0.25, -0.2) is 23.2 Å². The van der Waals surface area contributed by atoms with Gasteiger partial charge in [0.25, 0.3) is 0 Å². The number of nitrogens with one attached hydrogen (secondary N) is 1. The Kier molecular flexibility index (Phi) is 7.56. The summed E-state index contributed by atoms with van der Waals surface area (Å²) in [5.74, 6) is 2.10. The van der Waals surface area contributed by atoms with E-state index < -0.39 is 10.0 Å². The van der Waals surface area contributed by atoms with Crippen molar-refractivity contribution < 1.29 is 17.9 Å². The Bertz CT molecular complexity index is 1350. The van der Waals surface area contributed by atoms with Crippen LogP contribution in [0.1, 0.15) is 44.9 Å². The lowest BCUT2D eigenvalue weighted by atomic mass is 9.85. The van der Waals surface area contributed by atoms with E-state index >= 15 is 0 Å². The molecule has 5 rings (SSSR count). The highest BCUT2D eigenvalue weighted by Crippen LogP contribution is 2.30. The van der Waals surface area contributed by atoms with Crippen molar-refractivity contribution in [1.82, 2.24) is 24.6 Å². The fourth-order valence-electron chi connectivity index (χ4n) is 5.17. The average Bonchev–Trinajstić information content (AvgIpc) is 3.57. The third-order valence-electron chi connectivity index (χ3n) is 7.09. The van der Waals surface area contributed by atoms with E-state index in [1.807, 2.05) is 23.1 Å². The maximum Gasteiger partial charge on any atom is 0.225 e. The van der Waals surface area contributed by atoms with Gasteiger partial charge in [0.05, 0.1) is 29.5 Å². The Morgan fingerprint density at radius 1 is 1.14 bits per heavy atom. The lowest BCUT2D eigenvalue weighted by Crippen LogP contribution is -2.37. The van der Waals surface area contributed by atoms with E-state index in [1.54, 1.807) is 23.1 Å². The minimum Gasteiger partial charge on any atom is -0.493 e. The first-order valence-electron chi connectivity index (χ1n) is 12.9. The van der Waals surface area contributed by atoms with E-state index in [0.717, 1.165) is 62.5 Å². The minimum absolute atomic E-state index is 0.130. The molecule has 1 aliphatic heterocycles. The molecule has 3 N–H and O–H groups in total. The van der Waals surface area contributed by atoms with Gasteiger partial charge in [-0.15, -0.1) is 0 Å². The normalized spacial score (nSPS) is 20.3. The first kappa shape index (κ1) is 25.4. The van der Waals surface area contributed by atoms with Crippen LogP contribution >= 0.6 is 0 Å².